The van der Waals surface area contributed by atoms with Gasteiger partial charge in [-0.05, 0) is 69.9 Å². The van der Waals surface area contributed by atoms with Crippen molar-refractivity contribution in [3.63, 3.8) is 0 Å². The van der Waals surface area contributed by atoms with E-state index in [1.54, 1.807) is 30.9 Å². The van der Waals surface area contributed by atoms with Gasteiger partial charge in [0.1, 0.15) is 11.9 Å². The first-order chi connectivity index (χ1) is 19.8. The molecule has 0 saturated carbocycles. The Morgan fingerprint density at radius 2 is 1.81 bits per heavy atom. The zero-order valence-electron chi connectivity index (χ0n) is 25.1. The summed E-state index contributed by atoms with van der Waals surface area (Å²) in [7, 11) is 0. The molecule has 5 rings (SSSR count). The first-order valence-electron chi connectivity index (χ1n) is 14.8. The van der Waals surface area contributed by atoms with Gasteiger partial charge in [-0.1, -0.05) is 37.3 Å². The van der Waals surface area contributed by atoms with Crippen LogP contribution in [0, 0.1) is 11.2 Å². The van der Waals surface area contributed by atoms with E-state index >= 15 is 0 Å². The Bertz CT molecular complexity index is 1480. The molecule has 4 atom stereocenters. The van der Waals surface area contributed by atoms with E-state index in [0.29, 0.717) is 25.9 Å². The number of hydrogen-bond acceptors (Lipinski definition) is 4. The van der Waals surface area contributed by atoms with E-state index in [9.17, 15) is 18.8 Å². The van der Waals surface area contributed by atoms with Crippen LogP contribution < -0.4 is 11.1 Å². The quantitative estimate of drug-likeness (QED) is 0.391. The van der Waals surface area contributed by atoms with Crippen LogP contribution in [0.25, 0.3) is 10.9 Å². The van der Waals surface area contributed by atoms with Crippen molar-refractivity contribution in [3.05, 3.63) is 71.7 Å². The topological polar surface area (TPSA) is 112 Å². The van der Waals surface area contributed by atoms with Crippen molar-refractivity contribution in [1.82, 2.24) is 20.1 Å². The third-order valence-corrected chi connectivity index (χ3v) is 9.21. The number of aromatic nitrogens is 1. The summed E-state index contributed by atoms with van der Waals surface area (Å²) in [6.07, 6.45) is 3.16. The molecule has 9 heteroatoms. The fourth-order valence-corrected chi connectivity index (χ4v) is 6.76. The van der Waals surface area contributed by atoms with Gasteiger partial charge in [-0.25, -0.2) is 4.39 Å². The highest BCUT2D eigenvalue weighted by molar-refractivity contribution is 5.94. The lowest BCUT2D eigenvalue weighted by Gasteiger charge is -2.44. The van der Waals surface area contributed by atoms with Gasteiger partial charge in [-0.15, -0.1) is 0 Å². The highest BCUT2D eigenvalue weighted by atomic mass is 19.1. The predicted molar refractivity (Wildman–Crippen MR) is 161 cm³/mol. The first-order valence-corrected chi connectivity index (χ1v) is 14.8. The molecule has 1 spiro atoms. The normalized spacial score (nSPS) is 22.7. The van der Waals surface area contributed by atoms with Gasteiger partial charge < -0.3 is 25.8 Å². The molecule has 2 aliphatic heterocycles. The smallest absolute Gasteiger partial charge is 0.245 e. The van der Waals surface area contributed by atoms with Crippen molar-refractivity contribution >= 4 is 28.6 Å². The number of nitrogens with two attached hydrogens (primary N) is 1. The molecule has 2 fully saturated rings. The van der Waals surface area contributed by atoms with Gasteiger partial charge >= 0.3 is 0 Å². The van der Waals surface area contributed by atoms with Crippen molar-refractivity contribution in [2.24, 2.45) is 11.1 Å². The third kappa shape index (κ3) is 5.30. The van der Waals surface area contributed by atoms with E-state index in [1.165, 1.54) is 12.1 Å². The number of rotatable bonds is 7. The number of piperidine rings is 1. The molecule has 2 saturated heterocycles. The summed E-state index contributed by atoms with van der Waals surface area (Å²) < 4.78 is 13.8. The number of carbonyl (C=O) groups excluding carboxylic acids is 3. The summed E-state index contributed by atoms with van der Waals surface area (Å²) in [6, 6.07) is 13.3. The van der Waals surface area contributed by atoms with E-state index in [0.717, 1.165) is 22.0 Å². The van der Waals surface area contributed by atoms with Crippen molar-refractivity contribution in [2.45, 2.75) is 76.9 Å². The van der Waals surface area contributed by atoms with Gasteiger partial charge in [-0.2, -0.15) is 0 Å². The Morgan fingerprint density at radius 1 is 1.12 bits per heavy atom. The minimum absolute atomic E-state index is 0.00776. The second-order valence-corrected chi connectivity index (χ2v) is 12.9. The van der Waals surface area contributed by atoms with Crippen LogP contribution in [0.1, 0.15) is 70.4 Å². The fraction of sp³-hybridized carbons (Fsp3) is 0.485. The van der Waals surface area contributed by atoms with Gasteiger partial charge in [-0.3, -0.25) is 14.4 Å². The maximum Gasteiger partial charge on any atom is 0.245 e. The lowest BCUT2D eigenvalue weighted by atomic mass is 9.69. The van der Waals surface area contributed by atoms with Crippen LogP contribution in [0.15, 0.2) is 54.7 Å². The number of benzene rings is 2. The molecule has 0 bridgehead atoms. The van der Waals surface area contributed by atoms with E-state index in [1.807, 2.05) is 56.1 Å². The van der Waals surface area contributed by atoms with Crippen LogP contribution in [0.2, 0.25) is 0 Å². The lowest BCUT2D eigenvalue weighted by Crippen LogP contribution is -2.60. The van der Waals surface area contributed by atoms with E-state index in [4.69, 9.17) is 5.73 Å². The monoisotopic (exact) mass is 575 g/mol. The van der Waals surface area contributed by atoms with Gasteiger partial charge in [0.05, 0.1) is 11.0 Å². The highest BCUT2D eigenvalue weighted by Crippen LogP contribution is 2.50. The zero-order chi connectivity index (χ0) is 30.4. The van der Waals surface area contributed by atoms with Gasteiger partial charge in [0.25, 0.3) is 0 Å². The number of fused-ring (bicyclic) bond motifs is 1. The molecular weight excluding hydrogens is 533 g/mol. The summed E-state index contributed by atoms with van der Waals surface area (Å²) in [6.45, 7) is 10.4. The van der Waals surface area contributed by atoms with Gasteiger partial charge in [0.2, 0.25) is 17.7 Å². The Balaban J connectivity index is 1.51. The number of likely N-dealkylation sites (tertiary alicyclic amines) is 2. The van der Waals surface area contributed by atoms with E-state index < -0.39 is 22.9 Å². The van der Waals surface area contributed by atoms with Crippen LogP contribution in [0.4, 0.5) is 4.39 Å². The van der Waals surface area contributed by atoms with Gasteiger partial charge in [0.15, 0.2) is 0 Å². The minimum atomic E-state index is -1.19. The molecule has 224 valence electrons. The molecule has 2 aromatic carbocycles. The molecule has 42 heavy (non-hydrogen) atoms. The summed E-state index contributed by atoms with van der Waals surface area (Å²) >= 11 is 0. The maximum absolute atomic E-state index is 14.5. The molecule has 0 radical (unpaired) electrons. The standard InChI is InChI=1S/C33H42FN5O3/c1-20(2)39-18-26(22-11-13-23(34)14-12-22)33(31(39)42)15-8-16-38(19-33)29(40)28(37-30(41)32(4,5)35)21(3)25-17-36-27-10-7-6-9-24(25)27/h6-7,9-14,17,20-21,26,28,36H,8,15-16,18-19,35H2,1-5H3,(H,37,41)/t21?,26?,28?,33-/m0/s1. The number of nitrogens with zero attached hydrogens (tertiary/aromatic N) is 2. The number of carbonyl (C=O) groups is 3. The Kier molecular flexibility index (Phi) is 7.91. The molecule has 4 N–H and O–H groups in total. The predicted octanol–water partition coefficient (Wildman–Crippen LogP) is 4.28. The molecule has 3 heterocycles. The Morgan fingerprint density at radius 3 is 2.48 bits per heavy atom. The molecule has 0 aliphatic carbocycles. The van der Waals surface area contributed by atoms with Crippen molar-refractivity contribution < 1.29 is 18.8 Å². The number of halogens is 1. The van der Waals surface area contributed by atoms with Crippen molar-refractivity contribution in [3.8, 4) is 0 Å². The van der Waals surface area contributed by atoms with Crippen LogP contribution in [0.3, 0.4) is 0 Å². The van der Waals surface area contributed by atoms with Crippen molar-refractivity contribution in [1.29, 1.82) is 0 Å². The molecule has 3 unspecified atom stereocenters. The van der Waals surface area contributed by atoms with Crippen molar-refractivity contribution in [2.75, 3.05) is 19.6 Å². The number of nitrogens with one attached hydrogen (secondary N) is 2. The largest absolute Gasteiger partial charge is 0.361 e. The molecular formula is C33H42FN5O3. The summed E-state index contributed by atoms with van der Waals surface area (Å²) in [5, 5.41) is 3.95. The molecule has 8 nitrogen and oxygen atoms in total. The molecule has 2 aliphatic rings. The number of para-hydroxylation sites is 1. The first kappa shape index (κ1) is 29.8. The average molecular weight is 576 g/mol. The van der Waals surface area contributed by atoms with Crippen LogP contribution >= 0.6 is 0 Å². The van der Waals surface area contributed by atoms with Crippen LogP contribution in [-0.4, -0.2) is 69.8 Å². The third-order valence-electron chi connectivity index (χ3n) is 9.21. The van der Waals surface area contributed by atoms with Crippen LogP contribution in [-0.2, 0) is 14.4 Å². The van der Waals surface area contributed by atoms with E-state index in [-0.39, 0.29) is 42.1 Å². The molecule has 1 aromatic heterocycles. The minimum Gasteiger partial charge on any atom is -0.361 e. The average Bonchev–Trinajstić information content (AvgIpc) is 3.50. The SMILES string of the molecule is CC(c1c[nH]c2ccccc12)C(NC(=O)C(C)(C)N)C(=O)N1CCC[C@@]2(C1)C(=O)N(C(C)C)CC2c1ccc(F)cc1. The van der Waals surface area contributed by atoms with E-state index in [2.05, 4.69) is 10.3 Å². The highest BCUT2D eigenvalue weighted by Gasteiger charge is 2.57. The summed E-state index contributed by atoms with van der Waals surface area (Å²) in [5.74, 6) is -1.53. The summed E-state index contributed by atoms with van der Waals surface area (Å²) in [4.78, 5) is 48.7. The van der Waals surface area contributed by atoms with Gasteiger partial charge in [0, 0.05) is 54.6 Å². The Hall–Kier alpha value is -3.72. The number of aromatic amines is 1. The number of hydrogen-bond donors (Lipinski definition) is 3. The Labute approximate surface area is 246 Å². The van der Waals surface area contributed by atoms with Crippen LogP contribution in [0.5, 0.6) is 0 Å². The second-order valence-electron chi connectivity index (χ2n) is 12.9. The number of amides is 3. The maximum atomic E-state index is 14.5. The zero-order valence-corrected chi connectivity index (χ0v) is 25.1. The fourth-order valence-electron chi connectivity index (χ4n) is 6.76. The lowest BCUT2D eigenvalue weighted by molar-refractivity contribution is -0.147. The second kappa shape index (κ2) is 11.2. The summed E-state index contributed by atoms with van der Waals surface area (Å²) in [5.41, 5.74) is 6.88. The molecule has 3 aromatic rings. The number of H-pyrrole nitrogens is 1. The molecule has 3 amide bonds.